The Morgan fingerprint density at radius 3 is 2.69 bits per heavy atom. The fraction of sp³-hybridized carbons (Fsp3) is 0. The summed E-state index contributed by atoms with van der Waals surface area (Å²) in [4.78, 5) is 1.52. The maximum atomic E-state index is 2.32. The normalized spacial score (nSPS) is 12.8. The first-order valence-corrected chi connectivity index (χ1v) is 8.42. The maximum absolute atomic E-state index is 2.32. The van der Waals surface area contributed by atoms with Crippen molar-refractivity contribution < 1.29 is 0 Å². The van der Waals surface area contributed by atoms with Crippen molar-refractivity contribution in [2.24, 2.45) is 0 Å². The molecule has 0 radical (unpaired) electrons. The molecule has 1 aromatic heterocycles. The average Bonchev–Trinajstić information content (AvgIpc) is 2.78. The number of fused-ring (bicyclic) bond motifs is 2. The van der Waals surface area contributed by atoms with Crippen LogP contribution in [0.2, 0.25) is 0 Å². The molecule has 0 saturated carbocycles. The quantitative estimate of drug-likeness (QED) is 0.433. The van der Waals surface area contributed by atoms with Crippen molar-refractivity contribution in [3.05, 3.63) is 47.8 Å². The van der Waals surface area contributed by atoms with Crippen molar-refractivity contribution in [3.8, 4) is 10.4 Å². The van der Waals surface area contributed by atoms with Crippen LogP contribution in [-0.2, 0) is 0 Å². The van der Waals surface area contributed by atoms with Gasteiger partial charge in [0.25, 0.3) is 0 Å². The first-order valence-electron chi connectivity index (χ1n) is 5.21. The van der Waals surface area contributed by atoms with Gasteiger partial charge in [0.1, 0.15) is 0 Å². The Morgan fingerprint density at radius 2 is 1.75 bits per heavy atom. The van der Waals surface area contributed by atoms with E-state index in [0.717, 1.165) is 0 Å². The zero-order valence-electron chi connectivity index (χ0n) is 8.44. The molecule has 1 aliphatic heterocycles. The number of hydrogen-bond donors (Lipinski definition) is 0. The van der Waals surface area contributed by atoms with Crippen LogP contribution in [0.25, 0.3) is 21.2 Å². The molecule has 4 rings (SSSR count). The molecule has 76 valence electrons. The van der Waals surface area contributed by atoms with Crippen LogP contribution in [0.3, 0.4) is 0 Å². The Kier molecular flexibility index (Phi) is 1.93. The second-order valence-electron chi connectivity index (χ2n) is 3.88. The van der Waals surface area contributed by atoms with Crippen LogP contribution in [0.15, 0.2) is 47.8 Å². The van der Waals surface area contributed by atoms with Crippen LogP contribution in [0.4, 0.5) is 0 Å². The molecule has 0 saturated heterocycles. The Balaban J connectivity index is 2.25. The van der Waals surface area contributed by atoms with Gasteiger partial charge in [-0.2, -0.15) is 0 Å². The Bertz CT molecular complexity index is 692. The van der Waals surface area contributed by atoms with Gasteiger partial charge in [-0.1, -0.05) is 0 Å². The van der Waals surface area contributed by atoms with Gasteiger partial charge < -0.3 is 0 Å². The predicted octanol–water partition coefficient (Wildman–Crippen LogP) is 2.54. The van der Waals surface area contributed by atoms with E-state index in [1.54, 1.807) is 7.22 Å². The number of benzene rings is 2. The summed E-state index contributed by atoms with van der Waals surface area (Å²) >= 11 is 1.73. The molecule has 3 aromatic rings. The Hall–Kier alpha value is -0.810. The molecular weight excluding hydrogens is 328 g/mol. The van der Waals surface area contributed by atoms with Crippen LogP contribution >= 0.6 is 11.3 Å². The van der Waals surface area contributed by atoms with Gasteiger partial charge in [0.05, 0.1) is 0 Å². The van der Waals surface area contributed by atoms with E-state index in [2.05, 4.69) is 47.8 Å². The first kappa shape index (κ1) is 9.24. The van der Waals surface area contributed by atoms with Crippen molar-refractivity contribution in [1.29, 1.82) is 0 Å². The average molecular weight is 336 g/mol. The molecule has 16 heavy (non-hydrogen) atoms. The monoisotopic (exact) mass is 338 g/mol. The molecule has 0 atom stereocenters. The molecule has 0 nitrogen and oxygen atoms in total. The molecule has 0 aliphatic carbocycles. The van der Waals surface area contributed by atoms with Crippen LogP contribution in [0.5, 0.6) is 0 Å². The molecule has 0 unspecified atom stereocenters. The van der Waals surface area contributed by atoms with Gasteiger partial charge in [0.2, 0.25) is 0 Å². The molecule has 1 aliphatic rings. The van der Waals surface area contributed by atoms with E-state index in [1.165, 1.54) is 21.2 Å². The molecule has 0 amide bonds. The van der Waals surface area contributed by atoms with Gasteiger partial charge in [-0.15, -0.1) is 0 Å². The summed E-state index contributed by atoms with van der Waals surface area (Å²) in [6.07, 6.45) is 0. The molecule has 2 heterocycles. The summed E-state index contributed by atoms with van der Waals surface area (Å²) in [5.74, 6) is 0. The van der Waals surface area contributed by atoms with Crippen LogP contribution in [-0.4, -0.2) is 20.9 Å². The van der Waals surface area contributed by atoms with Crippen molar-refractivity contribution in [2.45, 2.75) is 0 Å². The van der Waals surface area contributed by atoms with Gasteiger partial charge in [0.15, 0.2) is 0 Å². The predicted molar refractivity (Wildman–Crippen MR) is 72.3 cm³/mol. The van der Waals surface area contributed by atoms with E-state index >= 15 is 0 Å². The first-order chi connectivity index (χ1) is 7.93. The second kappa shape index (κ2) is 3.34. The Labute approximate surface area is 108 Å². The van der Waals surface area contributed by atoms with Crippen molar-refractivity contribution in [3.63, 3.8) is 0 Å². The fourth-order valence-corrected chi connectivity index (χ4v) is 7.06. The molecule has 0 bridgehead atoms. The number of thiophene rings is 1. The van der Waals surface area contributed by atoms with E-state index in [1.807, 2.05) is 11.3 Å². The molecule has 2 aromatic carbocycles. The van der Waals surface area contributed by atoms with Crippen LogP contribution in [0.1, 0.15) is 0 Å². The van der Waals surface area contributed by atoms with Gasteiger partial charge in [0, 0.05) is 0 Å². The molecule has 2 heteroatoms. The summed E-state index contributed by atoms with van der Waals surface area (Å²) in [5, 5.41) is 5.15. The van der Waals surface area contributed by atoms with E-state index in [9.17, 15) is 0 Å². The van der Waals surface area contributed by atoms with Gasteiger partial charge in [-0.05, 0) is 0 Å². The molecular formula is C14H8STe. The topological polar surface area (TPSA) is 0 Å². The minimum atomic E-state index is -0.160. The van der Waals surface area contributed by atoms with Crippen LogP contribution < -0.4 is 7.22 Å². The van der Waals surface area contributed by atoms with E-state index in [0.29, 0.717) is 0 Å². The fourth-order valence-electron chi connectivity index (χ4n) is 2.27. The minimum absolute atomic E-state index is 0.160. The van der Waals surface area contributed by atoms with Gasteiger partial charge >= 0.3 is 109 Å². The third kappa shape index (κ3) is 1.16. The van der Waals surface area contributed by atoms with E-state index < -0.39 is 0 Å². The van der Waals surface area contributed by atoms with Gasteiger partial charge in [-0.25, -0.2) is 0 Å². The van der Waals surface area contributed by atoms with E-state index in [4.69, 9.17) is 0 Å². The van der Waals surface area contributed by atoms with Gasteiger partial charge in [-0.3, -0.25) is 0 Å². The Morgan fingerprint density at radius 1 is 0.875 bits per heavy atom. The molecule has 0 fully saturated rings. The number of rotatable bonds is 0. The SMILES string of the molecule is c1cc2c3c(cccc3c1)-c1sccc1[Te]2. The summed E-state index contributed by atoms with van der Waals surface area (Å²) < 4.78 is 3.21. The molecule has 0 spiro atoms. The third-order valence-electron chi connectivity index (χ3n) is 2.96. The third-order valence-corrected chi connectivity index (χ3v) is 7.51. The van der Waals surface area contributed by atoms with E-state index in [-0.39, 0.29) is 20.9 Å². The standard InChI is InChI=1S/C14H8STe/c1-3-9-4-2-6-11-13(9)10(5-1)14-12(16-11)7-8-15-14/h1-8H. The van der Waals surface area contributed by atoms with Crippen LogP contribution in [0, 0.1) is 0 Å². The summed E-state index contributed by atoms with van der Waals surface area (Å²) in [6, 6.07) is 15.7. The second-order valence-corrected chi connectivity index (χ2v) is 7.89. The van der Waals surface area contributed by atoms with Crippen molar-refractivity contribution in [2.75, 3.05) is 0 Å². The zero-order chi connectivity index (χ0) is 10.5. The summed E-state index contributed by atoms with van der Waals surface area (Å²) in [6.45, 7) is 0. The summed E-state index contributed by atoms with van der Waals surface area (Å²) in [5.41, 5.74) is 1.45. The summed E-state index contributed by atoms with van der Waals surface area (Å²) in [7, 11) is 0. The van der Waals surface area contributed by atoms with Crippen molar-refractivity contribution >= 4 is 50.3 Å². The molecule has 0 N–H and O–H groups in total. The van der Waals surface area contributed by atoms with Crippen molar-refractivity contribution in [1.82, 2.24) is 0 Å². The zero-order valence-corrected chi connectivity index (χ0v) is 11.6. The number of hydrogen-bond acceptors (Lipinski definition) is 1.